The van der Waals surface area contributed by atoms with Crippen molar-refractivity contribution in [2.75, 3.05) is 13.7 Å². The van der Waals surface area contributed by atoms with E-state index in [-0.39, 0.29) is 12.5 Å². The fourth-order valence-electron chi connectivity index (χ4n) is 3.01. The fraction of sp³-hybridized carbons (Fsp3) is 0.556. The summed E-state index contributed by atoms with van der Waals surface area (Å²) in [5.41, 5.74) is -0.570. The molecule has 1 aliphatic carbocycles. The molecule has 9 nitrogen and oxygen atoms in total. The Bertz CT molecular complexity index is 623. The molecule has 1 fully saturated rings. The lowest BCUT2D eigenvalue weighted by Gasteiger charge is -2.26. The van der Waals surface area contributed by atoms with Gasteiger partial charge in [-0.3, -0.25) is 14.4 Å². The van der Waals surface area contributed by atoms with Gasteiger partial charge in [0, 0.05) is 0 Å². The number of aliphatic hydroxyl groups excluding tert-OH is 2. The average Bonchev–Trinajstić information content (AvgIpc) is 2.65. The van der Waals surface area contributed by atoms with Crippen LogP contribution in [0.1, 0.15) is 38.5 Å². The standard InChI is InChI=1S/C18H27N3O6/c1-11(22)15(17(25)19-2)18(26)21-13(9-12-7-5-4-6-8-12)16(24)20-10-14(23)27-3/h12-13,22,25H,1-2,4-10H2,3H3,(H,20,24)(H,21,26)/b17-15-/t13-/m0/s1. The van der Waals surface area contributed by atoms with Crippen LogP contribution in [0.5, 0.6) is 0 Å². The van der Waals surface area contributed by atoms with Crippen LogP contribution in [0, 0.1) is 5.92 Å². The number of hydrogen-bond acceptors (Lipinski definition) is 7. The maximum atomic E-state index is 12.5. The molecule has 0 spiro atoms. The number of esters is 1. The van der Waals surface area contributed by atoms with Gasteiger partial charge in [-0.05, 0) is 19.1 Å². The Hall–Kier alpha value is -2.84. The first-order valence-electron chi connectivity index (χ1n) is 8.73. The minimum absolute atomic E-state index is 0.240. The molecule has 1 atom stereocenters. The van der Waals surface area contributed by atoms with E-state index in [1.165, 1.54) is 7.11 Å². The van der Waals surface area contributed by atoms with E-state index in [9.17, 15) is 24.6 Å². The van der Waals surface area contributed by atoms with Gasteiger partial charge in [-0.2, -0.15) is 0 Å². The lowest BCUT2D eigenvalue weighted by atomic mass is 9.84. The van der Waals surface area contributed by atoms with Crippen molar-refractivity contribution in [1.29, 1.82) is 0 Å². The number of aliphatic hydroxyl groups is 2. The molecule has 0 aliphatic heterocycles. The van der Waals surface area contributed by atoms with E-state index >= 15 is 0 Å². The van der Waals surface area contributed by atoms with Crippen LogP contribution in [-0.2, 0) is 19.1 Å². The molecule has 0 unspecified atom stereocenters. The average molecular weight is 381 g/mol. The van der Waals surface area contributed by atoms with E-state index < -0.39 is 41.0 Å². The van der Waals surface area contributed by atoms with Crippen molar-refractivity contribution in [2.24, 2.45) is 10.9 Å². The summed E-state index contributed by atoms with van der Waals surface area (Å²) in [6.07, 6.45) is 5.48. The first kappa shape index (κ1) is 22.2. The zero-order valence-corrected chi connectivity index (χ0v) is 15.5. The molecule has 0 heterocycles. The molecule has 1 aliphatic rings. The molecule has 2 amide bonds. The second-order valence-corrected chi connectivity index (χ2v) is 6.36. The largest absolute Gasteiger partial charge is 0.508 e. The van der Waals surface area contributed by atoms with Gasteiger partial charge in [-0.25, -0.2) is 4.99 Å². The highest BCUT2D eigenvalue weighted by atomic mass is 16.5. The normalized spacial score (nSPS) is 16.5. The SMILES string of the molecule is C=N/C(O)=C(\C(=C)O)C(=O)N[C@@H](CC1CCCCC1)C(=O)NCC(=O)OC. The predicted octanol–water partition coefficient (Wildman–Crippen LogP) is 1.27. The molecule has 0 aromatic heterocycles. The molecular formula is C18H27N3O6. The van der Waals surface area contributed by atoms with Gasteiger partial charge in [0.25, 0.3) is 5.91 Å². The molecule has 0 aromatic carbocycles. The zero-order chi connectivity index (χ0) is 20.4. The Kier molecular flexibility index (Phi) is 9.04. The van der Waals surface area contributed by atoms with Crippen LogP contribution in [0.2, 0.25) is 0 Å². The molecule has 0 saturated heterocycles. The van der Waals surface area contributed by atoms with E-state index in [0.717, 1.165) is 32.1 Å². The summed E-state index contributed by atoms with van der Waals surface area (Å²) < 4.78 is 4.48. The Balaban J connectivity index is 2.92. The lowest BCUT2D eigenvalue weighted by molar-refractivity contribution is -0.141. The Morgan fingerprint density at radius 1 is 1.22 bits per heavy atom. The number of ether oxygens (including phenoxy) is 1. The zero-order valence-electron chi connectivity index (χ0n) is 15.5. The van der Waals surface area contributed by atoms with Gasteiger partial charge < -0.3 is 25.6 Å². The highest BCUT2D eigenvalue weighted by Crippen LogP contribution is 2.27. The van der Waals surface area contributed by atoms with E-state index in [0.29, 0.717) is 6.42 Å². The highest BCUT2D eigenvalue weighted by Gasteiger charge is 2.29. The van der Waals surface area contributed by atoms with Gasteiger partial charge in [0.2, 0.25) is 11.8 Å². The van der Waals surface area contributed by atoms with Crippen LogP contribution in [0.25, 0.3) is 0 Å². The van der Waals surface area contributed by atoms with Crippen LogP contribution >= 0.6 is 0 Å². The van der Waals surface area contributed by atoms with Crippen molar-refractivity contribution < 1.29 is 29.3 Å². The summed E-state index contributed by atoms with van der Waals surface area (Å²) in [6, 6.07) is -0.961. The summed E-state index contributed by atoms with van der Waals surface area (Å²) in [5, 5.41) is 24.1. The van der Waals surface area contributed by atoms with Gasteiger partial charge in [0.1, 0.15) is 23.9 Å². The Morgan fingerprint density at radius 3 is 2.37 bits per heavy atom. The molecule has 1 saturated carbocycles. The van der Waals surface area contributed by atoms with Crippen LogP contribution in [0.4, 0.5) is 0 Å². The van der Waals surface area contributed by atoms with Crippen LogP contribution in [0.3, 0.4) is 0 Å². The molecular weight excluding hydrogens is 354 g/mol. The number of nitrogens with one attached hydrogen (secondary N) is 2. The van der Waals surface area contributed by atoms with Crippen LogP contribution in [-0.4, -0.2) is 54.4 Å². The molecule has 9 heteroatoms. The van der Waals surface area contributed by atoms with Crippen molar-refractivity contribution >= 4 is 24.5 Å². The molecule has 0 bridgehead atoms. The van der Waals surface area contributed by atoms with Crippen LogP contribution < -0.4 is 10.6 Å². The number of rotatable bonds is 9. The number of amides is 2. The maximum absolute atomic E-state index is 12.5. The Labute approximate surface area is 158 Å². The summed E-state index contributed by atoms with van der Waals surface area (Å²) >= 11 is 0. The number of nitrogens with zero attached hydrogens (tertiary/aromatic N) is 1. The summed E-state index contributed by atoms with van der Waals surface area (Å²) in [6.45, 7) is 5.97. The minimum atomic E-state index is -0.961. The number of carbonyl (C=O) groups excluding carboxylic acids is 3. The van der Waals surface area contributed by atoms with Crippen molar-refractivity contribution in [2.45, 2.75) is 44.6 Å². The van der Waals surface area contributed by atoms with Gasteiger partial charge >= 0.3 is 5.97 Å². The first-order valence-corrected chi connectivity index (χ1v) is 8.73. The van der Waals surface area contributed by atoms with Gasteiger partial charge in [-0.15, -0.1) is 0 Å². The van der Waals surface area contributed by atoms with Crippen molar-refractivity contribution in [3.8, 4) is 0 Å². The Morgan fingerprint density at radius 2 is 1.85 bits per heavy atom. The van der Waals surface area contributed by atoms with E-state index in [1.54, 1.807) is 0 Å². The quantitative estimate of drug-likeness (QED) is 0.156. The number of hydrogen-bond donors (Lipinski definition) is 4. The molecule has 0 aromatic rings. The molecule has 4 N–H and O–H groups in total. The lowest BCUT2D eigenvalue weighted by Crippen LogP contribution is -2.49. The van der Waals surface area contributed by atoms with E-state index in [2.05, 4.69) is 33.7 Å². The van der Waals surface area contributed by atoms with E-state index in [4.69, 9.17) is 0 Å². The molecule has 150 valence electrons. The summed E-state index contributed by atoms with van der Waals surface area (Å²) in [4.78, 5) is 39.4. The third kappa shape index (κ3) is 7.12. The molecule has 1 rings (SSSR count). The highest BCUT2D eigenvalue weighted by molar-refractivity contribution is 6.00. The number of methoxy groups -OCH3 is 1. The van der Waals surface area contributed by atoms with E-state index in [1.807, 2.05) is 0 Å². The van der Waals surface area contributed by atoms with Gasteiger partial charge in [0.05, 0.1) is 7.11 Å². The third-order valence-electron chi connectivity index (χ3n) is 4.44. The predicted molar refractivity (Wildman–Crippen MR) is 99.1 cm³/mol. The number of carbonyl (C=O) groups is 3. The molecule has 27 heavy (non-hydrogen) atoms. The third-order valence-corrected chi connectivity index (χ3v) is 4.44. The number of aliphatic imine (C=N–C) groups is 1. The topological polar surface area (TPSA) is 137 Å². The monoisotopic (exact) mass is 381 g/mol. The first-order chi connectivity index (χ1) is 12.8. The second-order valence-electron chi connectivity index (χ2n) is 6.36. The van der Waals surface area contributed by atoms with Gasteiger partial charge in [0.15, 0.2) is 0 Å². The summed E-state index contributed by atoms with van der Waals surface area (Å²) in [5.74, 6) is -3.36. The smallest absolute Gasteiger partial charge is 0.325 e. The van der Waals surface area contributed by atoms with Crippen LogP contribution in [0.15, 0.2) is 28.8 Å². The van der Waals surface area contributed by atoms with Crippen molar-refractivity contribution in [3.63, 3.8) is 0 Å². The molecule has 0 radical (unpaired) electrons. The van der Waals surface area contributed by atoms with Gasteiger partial charge in [-0.1, -0.05) is 38.7 Å². The van der Waals surface area contributed by atoms with Crippen molar-refractivity contribution in [1.82, 2.24) is 10.6 Å². The fourth-order valence-corrected chi connectivity index (χ4v) is 3.01. The second kappa shape index (κ2) is 11.0. The maximum Gasteiger partial charge on any atom is 0.325 e. The minimum Gasteiger partial charge on any atom is -0.508 e. The van der Waals surface area contributed by atoms with Crippen molar-refractivity contribution in [3.05, 3.63) is 23.8 Å². The summed E-state index contributed by atoms with van der Waals surface area (Å²) in [7, 11) is 1.20.